The van der Waals surface area contributed by atoms with Gasteiger partial charge in [0.1, 0.15) is 0 Å². The first-order valence-electron chi connectivity index (χ1n) is 6.31. The number of nitrogens with zero attached hydrogens (tertiary/aromatic N) is 1. The maximum Gasteiger partial charge on any atom is 0.401 e. The minimum Gasteiger partial charge on any atom is -0.494 e. The third kappa shape index (κ3) is 5.34. The quantitative estimate of drug-likeness (QED) is 0.596. The molecule has 0 spiro atoms. The van der Waals surface area contributed by atoms with Crippen LogP contribution in [0.3, 0.4) is 0 Å². The van der Waals surface area contributed by atoms with Gasteiger partial charge in [-0.2, -0.15) is 13.2 Å². The number of alkyl halides is 3. The van der Waals surface area contributed by atoms with Crippen molar-refractivity contribution >= 4 is 5.78 Å². The maximum absolute atomic E-state index is 13.5. The van der Waals surface area contributed by atoms with Gasteiger partial charge in [-0.1, -0.05) is 0 Å². The zero-order valence-electron chi connectivity index (χ0n) is 12.0. The van der Waals surface area contributed by atoms with E-state index in [1.807, 2.05) is 0 Å². The van der Waals surface area contributed by atoms with E-state index in [4.69, 9.17) is 4.74 Å². The Balaban J connectivity index is 2.85. The fourth-order valence-corrected chi connectivity index (χ4v) is 1.77. The van der Waals surface area contributed by atoms with Crippen molar-refractivity contribution in [1.29, 1.82) is 0 Å². The summed E-state index contributed by atoms with van der Waals surface area (Å²) in [7, 11) is 1.28. The van der Waals surface area contributed by atoms with Crippen molar-refractivity contribution in [2.45, 2.75) is 26.1 Å². The Morgan fingerprint density at radius 2 is 1.95 bits per heavy atom. The summed E-state index contributed by atoms with van der Waals surface area (Å²) in [5.74, 6) is -1.33. The predicted octanol–water partition coefficient (Wildman–Crippen LogP) is 3.29. The van der Waals surface area contributed by atoms with Crippen LogP contribution in [0, 0.1) is 5.82 Å². The average Bonchev–Trinajstić information content (AvgIpc) is 2.36. The van der Waals surface area contributed by atoms with E-state index in [0.717, 1.165) is 11.0 Å². The molecule has 7 heteroatoms. The van der Waals surface area contributed by atoms with Crippen molar-refractivity contribution in [3.63, 3.8) is 0 Å². The van der Waals surface area contributed by atoms with E-state index in [2.05, 4.69) is 0 Å². The highest BCUT2D eigenvalue weighted by molar-refractivity contribution is 5.97. The fourth-order valence-electron chi connectivity index (χ4n) is 1.77. The molecule has 0 N–H and O–H groups in total. The van der Waals surface area contributed by atoms with Crippen molar-refractivity contribution < 1.29 is 27.1 Å². The first-order valence-corrected chi connectivity index (χ1v) is 6.31. The minimum atomic E-state index is -4.39. The molecular weight excluding hydrogens is 290 g/mol. The number of benzene rings is 1. The second-order valence-electron chi connectivity index (χ2n) is 4.89. The Labute approximate surface area is 120 Å². The van der Waals surface area contributed by atoms with Crippen LogP contribution in [0.4, 0.5) is 17.6 Å². The molecule has 1 rings (SSSR count). The number of ketones is 1. The molecule has 0 atom stereocenters. The van der Waals surface area contributed by atoms with E-state index in [1.165, 1.54) is 19.2 Å². The van der Waals surface area contributed by atoms with Crippen LogP contribution in [0.15, 0.2) is 18.2 Å². The van der Waals surface area contributed by atoms with Gasteiger partial charge in [0.25, 0.3) is 0 Å². The molecule has 0 heterocycles. The molecule has 0 aliphatic heterocycles. The zero-order valence-corrected chi connectivity index (χ0v) is 12.0. The number of hydrogen-bond acceptors (Lipinski definition) is 3. The topological polar surface area (TPSA) is 29.5 Å². The fraction of sp³-hybridized carbons (Fsp3) is 0.500. The molecular formula is C14H17F4NO2. The Morgan fingerprint density at radius 1 is 1.33 bits per heavy atom. The summed E-state index contributed by atoms with van der Waals surface area (Å²) in [4.78, 5) is 13.0. The predicted molar refractivity (Wildman–Crippen MR) is 70.0 cm³/mol. The summed E-state index contributed by atoms with van der Waals surface area (Å²) < 4.78 is 55.6. The third-order valence-electron chi connectivity index (χ3n) is 2.93. The van der Waals surface area contributed by atoms with E-state index in [1.54, 1.807) is 13.8 Å². The zero-order chi connectivity index (χ0) is 16.2. The van der Waals surface area contributed by atoms with Gasteiger partial charge >= 0.3 is 6.18 Å². The molecule has 0 aliphatic carbocycles. The molecule has 0 amide bonds. The van der Waals surface area contributed by atoms with Gasteiger partial charge in [-0.3, -0.25) is 9.69 Å². The molecule has 0 bridgehead atoms. The largest absolute Gasteiger partial charge is 0.494 e. The number of Topliss-reactive ketones (excluding diaryl/α,β-unsaturated/α-hetero) is 1. The van der Waals surface area contributed by atoms with Gasteiger partial charge in [0.05, 0.1) is 20.2 Å². The van der Waals surface area contributed by atoms with Gasteiger partial charge in [-0.25, -0.2) is 4.39 Å². The van der Waals surface area contributed by atoms with Gasteiger partial charge in [0, 0.05) is 11.6 Å². The van der Waals surface area contributed by atoms with Crippen molar-refractivity contribution in [2.24, 2.45) is 0 Å². The molecule has 0 unspecified atom stereocenters. The second-order valence-corrected chi connectivity index (χ2v) is 4.89. The number of carbonyl (C=O) groups excluding carboxylic acids is 1. The number of halogens is 4. The summed E-state index contributed by atoms with van der Waals surface area (Å²) in [6.07, 6.45) is -4.39. The number of rotatable bonds is 6. The molecule has 0 radical (unpaired) electrons. The highest BCUT2D eigenvalue weighted by Gasteiger charge is 2.32. The minimum absolute atomic E-state index is 0.0149. The first kappa shape index (κ1) is 17.4. The highest BCUT2D eigenvalue weighted by atomic mass is 19.4. The summed E-state index contributed by atoms with van der Waals surface area (Å²) in [5, 5.41) is 0. The SMILES string of the molecule is COc1ccc(C(=O)CN(CC(F)(F)F)C(C)C)cc1F. The molecule has 0 fully saturated rings. The lowest BCUT2D eigenvalue weighted by Gasteiger charge is -2.26. The summed E-state index contributed by atoms with van der Waals surface area (Å²) in [5.41, 5.74) is 0.0149. The normalized spacial score (nSPS) is 12.0. The Kier molecular flexibility index (Phi) is 5.71. The summed E-state index contributed by atoms with van der Waals surface area (Å²) in [6, 6.07) is 3.11. The van der Waals surface area contributed by atoms with Gasteiger partial charge in [0.2, 0.25) is 0 Å². The molecule has 1 aromatic carbocycles. The van der Waals surface area contributed by atoms with E-state index >= 15 is 0 Å². The molecule has 0 aliphatic rings. The van der Waals surface area contributed by atoms with Gasteiger partial charge in [-0.15, -0.1) is 0 Å². The number of ether oxygens (including phenoxy) is 1. The van der Waals surface area contributed by atoms with E-state index in [-0.39, 0.29) is 11.3 Å². The van der Waals surface area contributed by atoms with Crippen molar-refractivity contribution in [3.05, 3.63) is 29.6 Å². The third-order valence-corrected chi connectivity index (χ3v) is 2.93. The smallest absolute Gasteiger partial charge is 0.401 e. The molecule has 21 heavy (non-hydrogen) atoms. The molecule has 1 aromatic rings. The summed E-state index contributed by atoms with van der Waals surface area (Å²) in [6.45, 7) is 1.51. The van der Waals surface area contributed by atoms with Gasteiger partial charge in [0.15, 0.2) is 17.3 Å². The van der Waals surface area contributed by atoms with Crippen LogP contribution in [0.2, 0.25) is 0 Å². The van der Waals surface area contributed by atoms with Crippen LogP contribution >= 0.6 is 0 Å². The lowest BCUT2D eigenvalue weighted by molar-refractivity contribution is -0.148. The van der Waals surface area contributed by atoms with Crippen LogP contribution in [0.1, 0.15) is 24.2 Å². The lowest BCUT2D eigenvalue weighted by atomic mass is 10.1. The molecule has 0 saturated heterocycles. The molecule has 0 aromatic heterocycles. The highest BCUT2D eigenvalue weighted by Crippen LogP contribution is 2.20. The van der Waals surface area contributed by atoms with Crippen LogP contribution < -0.4 is 4.74 Å². The lowest BCUT2D eigenvalue weighted by Crippen LogP contribution is -2.42. The number of hydrogen-bond donors (Lipinski definition) is 0. The second kappa shape index (κ2) is 6.89. The number of carbonyl (C=O) groups is 1. The van der Waals surface area contributed by atoms with Gasteiger partial charge in [-0.05, 0) is 32.0 Å². The Bertz CT molecular complexity index is 500. The van der Waals surface area contributed by atoms with Gasteiger partial charge < -0.3 is 4.74 Å². The molecule has 3 nitrogen and oxygen atoms in total. The summed E-state index contributed by atoms with van der Waals surface area (Å²) >= 11 is 0. The van der Waals surface area contributed by atoms with E-state index < -0.39 is 36.9 Å². The standard InChI is InChI=1S/C14H17F4NO2/c1-9(2)19(8-14(16,17)18)7-12(20)10-4-5-13(21-3)11(15)6-10/h4-6,9H,7-8H2,1-3H3. The average molecular weight is 307 g/mol. The maximum atomic E-state index is 13.5. The monoisotopic (exact) mass is 307 g/mol. The Hall–Kier alpha value is -1.63. The first-order chi connectivity index (χ1) is 9.64. The van der Waals surface area contributed by atoms with Crippen LogP contribution in [-0.2, 0) is 0 Å². The van der Waals surface area contributed by atoms with Crippen LogP contribution in [0.25, 0.3) is 0 Å². The van der Waals surface area contributed by atoms with Crippen LogP contribution in [-0.4, -0.2) is 43.1 Å². The van der Waals surface area contributed by atoms with Crippen LogP contribution in [0.5, 0.6) is 5.75 Å². The molecule has 0 saturated carbocycles. The number of methoxy groups -OCH3 is 1. The van der Waals surface area contributed by atoms with E-state index in [0.29, 0.717) is 0 Å². The molecule has 118 valence electrons. The van der Waals surface area contributed by atoms with Crippen molar-refractivity contribution in [1.82, 2.24) is 4.90 Å². The van der Waals surface area contributed by atoms with Crippen molar-refractivity contribution in [3.8, 4) is 5.75 Å². The van der Waals surface area contributed by atoms with E-state index in [9.17, 15) is 22.4 Å². The Morgan fingerprint density at radius 3 is 2.38 bits per heavy atom. The van der Waals surface area contributed by atoms with Crippen molar-refractivity contribution in [2.75, 3.05) is 20.2 Å².